The summed E-state index contributed by atoms with van der Waals surface area (Å²) in [5.41, 5.74) is -6.40. The fourth-order valence-electron chi connectivity index (χ4n) is 1.87. The standard InChI is InChI=1S/C15H7ClF6N2O2S/c16-11-9(27-15(20,21)22)5-4-8(12(11)19)23-14(26)24-13(25)10-6(17)2-1-3-7(10)18/h1-5H,(H2,23,24,25,26). The quantitative estimate of drug-likeness (QED) is 0.513. The number of carbonyl (C=O) groups excluding carboxylic acids is 2. The molecular weight excluding hydrogens is 422 g/mol. The lowest BCUT2D eigenvalue weighted by atomic mass is 10.2. The first-order valence-corrected chi connectivity index (χ1v) is 7.99. The first-order chi connectivity index (χ1) is 12.5. The van der Waals surface area contributed by atoms with Crippen LogP contribution in [0.3, 0.4) is 0 Å². The Morgan fingerprint density at radius 1 is 1.00 bits per heavy atom. The lowest BCUT2D eigenvalue weighted by Gasteiger charge is -2.12. The van der Waals surface area contributed by atoms with Gasteiger partial charge in [0.2, 0.25) is 0 Å². The van der Waals surface area contributed by atoms with Gasteiger partial charge in [-0.3, -0.25) is 10.1 Å². The number of thioether (sulfide) groups is 1. The highest BCUT2D eigenvalue weighted by Crippen LogP contribution is 2.42. The number of urea groups is 1. The van der Waals surface area contributed by atoms with E-state index >= 15 is 0 Å². The smallest absolute Gasteiger partial charge is 0.305 e. The zero-order chi connectivity index (χ0) is 20.4. The second-order valence-corrected chi connectivity index (χ2v) is 6.28. The van der Waals surface area contributed by atoms with E-state index in [1.165, 1.54) is 0 Å². The minimum Gasteiger partial charge on any atom is -0.305 e. The average molecular weight is 429 g/mol. The van der Waals surface area contributed by atoms with Crippen molar-refractivity contribution >= 4 is 41.0 Å². The van der Waals surface area contributed by atoms with Crippen molar-refractivity contribution in [1.82, 2.24) is 5.32 Å². The lowest BCUT2D eigenvalue weighted by Crippen LogP contribution is -2.35. The molecule has 0 aliphatic heterocycles. The summed E-state index contributed by atoms with van der Waals surface area (Å²) in [6, 6.07) is 2.77. The molecule has 0 aromatic heterocycles. The van der Waals surface area contributed by atoms with E-state index in [0.717, 1.165) is 30.3 Å². The molecule has 2 rings (SSSR count). The van der Waals surface area contributed by atoms with Crippen molar-refractivity contribution in [2.75, 3.05) is 5.32 Å². The molecule has 12 heteroatoms. The summed E-state index contributed by atoms with van der Waals surface area (Å²) in [7, 11) is 0. The van der Waals surface area contributed by atoms with Crippen molar-refractivity contribution in [1.29, 1.82) is 0 Å². The molecule has 0 aliphatic rings. The van der Waals surface area contributed by atoms with Gasteiger partial charge in [0, 0.05) is 4.90 Å². The van der Waals surface area contributed by atoms with E-state index < -0.39 is 67.8 Å². The maximum atomic E-state index is 14.0. The molecule has 0 atom stereocenters. The SMILES string of the molecule is O=C(NC(=O)c1c(F)cccc1F)Nc1ccc(SC(F)(F)F)c(Cl)c1F. The van der Waals surface area contributed by atoms with Crippen LogP contribution in [0.1, 0.15) is 10.4 Å². The van der Waals surface area contributed by atoms with Gasteiger partial charge in [0.15, 0.2) is 5.82 Å². The number of carbonyl (C=O) groups is 2. The molecule has 0 aliphatic carbocycles. The van der Waals surface area contributed by atoms with Crippen molar-refractivity contribution in [2.45, 2.75) is 10.4 Å². The molecule has 2 aromatic rings. The van der Waals surface area contributed by atoms with Gasteiger partial charge in [0.25, 0.3) is 5.91 Å². The largest absolute Gasteiger partial charge is 0.446 e. The second-order valence-electron chi connectivity index (χ2n) is 4.79. The number of alkyl halides is 3. The number of benzene rings is 2. The zero-order valence-electron chi connectivity index (χ0n) is 12.8. The van der Waals surface area contributed by atoms with Crippen LogP contribution >= 0.6 is 23.4 Å². The fraction of sp³-hybridized carbons (Fsp3) is 0.0667. The summed E-state index contributed by atoms with van der Waals surface area (Å²) < 4.78 is 78.0. The number of nitrogens with one attached hydrogen (secondary N) is 2. The fourth-order valence-corrected chi connectivity index (χ4v) is 2.71. The lowest BCUT2D eigenvalue weighted by molar-refractivity contribution is -0.0328. The third-order valence-corrected chi connectivity index (χ3v) is 4.21. The molecule has 0 fully saturated rings. The summed E-state index contributed by atoms with van der Waals surface area (Å²) in [5.74, 6) is -5.30. The van der Waals surface area contributed by atoms with Crippen LogP contribution in [0, 0.1) is 17.5 Å². The summed E-state index contributed by atoms with van der Waals surface area (Å²) in [5, 5.41) is 2.48. The summed E-state index contributed by atoms with van der Waals surface area (Å²) in [6.45, 7) is 0. The number of imide groups is 1. The first-order valence-electron chi connectivity index (χ1n) is 6.79. The number of amides is 3. The Morgan fingerprint density at radius 3 is 2.15 bits per heavy atom. The predicted molar refractivity (Wildman–Crippen MR) is 86.2 cm³/mol. The second kappa shape index (κ2) is 8.09. The van der Waals surface area contributed by atoms with Gasteiger partial charge in [-0.05, 0) is 36.0 Å². The number of hydrogen-bond donors (Lipinski definition) is 2. The Labute approximate surface area is 156 Å². The van der Waals surface area contributed by atoms with E-state index in [2.05, 4.69) is 0 Å². The van der Waals surface area contributed by atoms with Crippen LogP contribution in [0.2, 0.25) is 5.02 Å². The molecule has 0 saturated heterocycles. The van der Waals surface area contributed by atoms with Crippen LogP contribution in [-0.2, 0) is 0 Å². The van der Waals surface area contributed by atoms with E-state index in [1.807, 2.05) is 5.32 Å². The summed E-state index contributed by atoms with van der Waals surface area (Å²) in [6.07, 6.45) is 0. The van der Waals surface area contributed by atoms with Gasteiger partial charge < -0.3 is 5.32 Å². The molecule has 0 radical (unpaired) electrons. The molecule has 2 N–H and O–H groups in total. The van der Waals surface area contributed by atoms with Crippen molar-refractivity contribution in [3.05, 3.63) is 58.4 Å². The average Bonchev–Trinajstić information content (AvgIpc) is 2.53. The molecule has 0 heterocycles. The van der Waals surface area contributed by atoms with Crippen LogP contribution in [0.4, 0.5) is 36.8 Å². The van der Waals surface area contributed by atoms with Gasteiger partial charge in [-0.2, -0.15) is 13.2 Å². The van der Waals surface area contributed by atoms with Crippen LogP contribution in [-0.4, -0.2) is 17.4 Å². The summed E-state index contributed by atoms with van der Waals surface area (Å²) >= 11 is 4.84. The van der Waals surface area contributed by atoms with Crippen LogP contribution in [0.5, 0.6) is 0 Å². The van der Waals surface area contributed by atoms with Gasteiger partial charge >= 0.3 is 11.5 Å². The van der Waals surface area contributed by atoms with E-state index in [-0.39, 0.29) is 0 Å². The maximum absolute atomic E-state index is 14.0. The van der Waals surface area contributed by atoms with Gasteiger partial charge in [0.1, 0.15) is 17.2 Å². The van der Waals surface area contributed by atoms with Crippen molar-refractivity contribution in [3.63, 3.8) is 0 Å². The molecular formula is C15H7ClF6N2O2S. The number of hydrogen-bond acceptors (Lipinski definition) is 3. The molecule has 3 amide bonds. The Balaban J connectivity index is 2.14. The first kappa shape index (κ1) is 20.9. The monoisotopic (exact) mass is 428 g/mol. The number of anilines is 1. The van der Waals surface area contributed by atoms with E-state index in [4.69, 9.17) is 11.6 Å². The molecule has 0 saturated carbocycles. The molecule has 27 heavy (non-hydrogen) atoms. The normalized spacial score (nSPS) is 11.2. The summed E-state index contributed by atoms with van der Waals surface area (Å²) in [4.78, 5) is 22.8. The Morgan fingerprint density at radius 2 is 1.59 bits per heavy atom. The molecule has 4 nitrogen and oxygen atoms in total. The minimum atomic E-state index is -4.71. The maximum Gasteiger partial charge on any atom is 0.446 e. The zero-order valence-corrected chi connectivity index (χ0v) is 14.3. The molecule has 0 bridgehead atoms. The van der Waals surface area contributed by atoms with Gasteiger partial charge in [-0.25, -0.2) is 18.0 Å². The van der Waals surface area contributed by atoms with Crippen molar-refractivity contribution in [3.8, 4) is 0 Å². The van der Waals surface area contributed by atoms with Gasteiger partial charge in [0.05, 0.1) is 10.7 Å². The van der Waals surface area contributed by atoms with E-state index in [1.54, 1.807) is 5.32 Å². The Kier molecular flexibility index (Phi) is 6.26. The van der Waals surface area contributed by atoms with Crippen LogP contribution in [0.15, 0.2) is 35.2 Å². The predicted octanol–water partition coefficient (Wildman–Crippen LogP) is 5.33. The number of rotatable bonds is 3. The van der Waals surface area contributed by atoms with Gasteiger partial charge in [-0.1, -0.05) is 17.7 Å². The minimum absolute atomic E-state index is 0.642. The highest BCUT2D eigenvalue weighted by atomic mass is 35.5. The molecule has 0 spiro atoms. The molecule has 0 unspecified atom stereocenters. The van der Waals surface area contributed by atoms with Crippen molar-refractivity contribution in [2.24, 2.45) is 0 Å². The Bertz CT molecular complexity index is 886. The van der Waals surface area contributed by atoms with Gasteiger partial charge in [-0.15, -0.1) is 0 Å². The van der Waals surface area contributed by atoms with Crippen molar-refractivity contribution < 1.29 is 35.9 Å². The molecule has 144 valence electrons. The van der Waals surface area contributed by atoms with E-state index in [0.29, 0.717) is 0 Å². The third-order valence-electron chi connectivity index (χ3n) is 2.94. The van der Waals surface area contributed by atoms with Crippen LogP contribution < -0.4 is 10.6 Å². The topological polar surface area (TPSA) is 58.2 Å². The molecule has 2 aromatic carbocycles. The van der Waals surface area contributed by atoms with Crippen LogP contribution in [0.25, 0.3) is 0 Å². The number of halogens is 7. The Hall–Kier alpha value is -2.40. The third kappa shape index (κ3) is 5.30. The van der Waals surface area contributed by atoms with E-state index in [9.17, 15) is 35.9 Å². The highest BCUT2D eigenvalue weighted by molar-refractivity contribution is 8.00. The highest BCUT2D eigenvalue weighted by Gasteiger charge is 2.31.